The molecule has 4 nitrogen and oxygen atoms in total. The molecule has 1 aliphatic heterocycles. The summed E-state index contributed by atoms with van der Waals surface area (Å²) >= 11 is 0. The number of nitrogens with one attached hydrogen (secondary N) is 1. The van der Waals surface area contributed by atoms with Crippen LogP contribution in [0.25, 0.3) is 21.9 Å². The van der Waals surface area contributed by atoms with Crippen LogP contribution in [-0.2, 0) is 30.4 Å². The van der Waals surface area contributed by atoms with Gasteiger partial charge in [0, 0.05) is 24.3 Å². The van der Waals surface area contributed by atoms with E-state index < -0.39 is 11.7 Å². The van der Waals surface area contributed by atoms with Crippen LogP contribution in [0.1, 0.15) is 32.6 Å². The van der Waals surface area contributed by atoms with Crippen LogP contribution >= 0.6 is 0 Å². The molecule has 1 aliphatic rings. The van der Waals surface area contributed by atoms with E-state index in [0.717, 1.165) is 39.6 Å². The molecule has 5 aromatic rings. The van der Waals surface area contributed by atoms with E-state index >= 15 is 0 Å². The first-order valence-electron chi connectivity index (χ1n) is 13.7. The van der Waals surface area contributed by atoms with Crippen molar-refractivity contribution in [2.24, 2.45) is 0 Å². The fraction of sp³-hybridized carbons (Fsp3) is 0.143. The van der Waals surface area contributed by atoms with Crippen LogP contribution in [0.4, 0.5) is 18.9 Å². The summed E-state index contributed by atoms with van der Waals surface area (Å²) in [6, 6.07) is 31.5. The predicted octanol–water partition coefficient (Wildman–Crippen LogP) is 7.91. The van der Waals surface area contributed by atoms with E-state index in [1.165, 1.54) is 12.1 Å². The van der Waals surface area contributed by atoms with Crippen molar-refractivity contribution in [3.05, 3.63) is 137 Å². The highest BCUT2D eigenvalue weighted by Gasteiger charge is 2.30. The summed E-state index contributed by atoms with van der Waals surface area (Å²) in [4.78, 5) is 28.2. The summed E-state index contributed by atoms with van der Waals surface area (Å²) in [7, 11) is 0. The molecule has 1 N–H and O–H groups in total. The average molecular weight is 565 g/mol. The number of nitrogens with zero attached hydrogens (tertiary/aromatic N) is 1. The Morgan fingerprint density at radius 2 is 1.50 bits per heavy atom. The highest BCUT2D eigenvalue weighted by Crippen LogP contribution is 2.32. The van der Waals surface area contributed by atoms with Crippen molar-refractivity contribution in [3.8, 4) is 11.1 Å². The van der Waals surface area contributed by atoms with Gasteiger partial charge in [0.15, 0.2) is 0 Å². The van der Waals surface area contributed by atoms with Crippen LogP contribution in [0.15, 0.2) is 109 Å². The van der Waals surface area contributed by atoms with E-state index in [2.05, 4.69) is 17.4 Å². The van der Waals surface area contributed by atoms with E-state index in [0.29, 0.717) is 48.3 Å². The van der Waals surface area contributed by atoms with Crippen molar-refractivity contribution in [1.29, 1.82) is 0 Å². The highest BCUT2D eigenvalue weighted by molar-refractivity contribution is 6.08. The summed E-state index contributed by atoms with van der Waals surface area (Å²) in [5.74, 6) is -0.276. The second-order valence-corrected chi connectivity index (χ2v) is 10.5. The third-order valence-corrected chi connectivity index (χ3v) is 7.69. The Bertz CT molecular complexity index is 1800. The van der Waals surface area contributed by atoms with Crippen LogP contribution in [-0.4, -0.2) is 23.3 Å². The van der Waals surface area contributed by atoms with Crippen molar-refractivity contribution in [3.63, 3.8) is 0 Å². The first-order valence-corrected chi connectivity index (χ1v) is 13.7. The molecular formula is C35H27F3N2O2. The smallest absolute Gasteiger partial charge is 0.338 e. The second kappa shape index (κ2) is 11.2. The quantitative estimate of drug-likeness (QED) is 0.236. The van der Waals surface area contributed by atoms with Crippen LogP contribution in [0.3, 0.4) is 0 Å². The SMILES string of the molecule is O=C(Nc1ccc2c(c1)CCN(C(=O)Cc1ccc3ccccc3c1)C2)c1ccccc1-c1ccc(C(F)(F)F)cc1. The number of benzene rings is 5. The molecule has 7 heteroatoms. The molecule has 2 amide bonds. The molecule has 0 aliphatic carbocycles. The number of fused-ring (bicyclic) bond motifs is 2. The van der Waals surface area contributed by atoms with Gasteiger partial charge >= 0.3 is 6.18 Å². The van der Waals surface area contributed by atoms with Crippen molar-refractivity contribution in [1.82, 2.24) is 4.90 Å². The fourth-order valence-electron chi connectivity index (χ4n) is 5.45. The van der Waals surface area contributed by atoms with Crippen LogP contribution in [0.2, 0.25) is 0 Å². The normalized spacial score (nSPS) is 13.1. The zero-order valence-corrected chi connectivity index (χ0v) is 22.6. The monoisotopic (exact) mass is 564 g/mol. The van der Waals surface area contributed by atoms with Crippen molar-refractivity contribution in [2.45, 2.75) is 25.6 Å². The van der Waals surface area contributed by atoms with E-state index in [-0.39, 0.29) is 11.8 Å². The Morgan fingerprint density at radius 3 is 2.29 bits per heavy atom. The number of halogens is 3. The van der Waals surface area contributed by atoms with Crippen molar-refractivity contribution >= 4 is 28.3 Å². The molecule has 0 atom stereocenters. The van der Waals surface area contributed by atoms with Gasteiger partial charge in [0.2, 0.25) is 5.91 Å². The maximum atomic E-state index is 13.3. The van der Waals surface area contributed by atoms with Gasteiger partial charge in [-0.3, -0.25) is 9.59 Å². The largest absolute Gasteiger partial charge is 0.416 e. The lowest BCUT2D eigenvalue weighted by Gasteiger charge is -2.29. The third kappa shape index (κ3) is 5.77. The number of carbonyl (C=O) groups excluding carboxylic acids is 2. The molecule has 42 heavy (non-hydrogen) atoms. The molecule has 6 rings (SSSR count). The zero-order valence-electron chi connectivity index (χ0n) is 22.6. The minimum atomic E-state index is -4.43. The Kier molecular flexibility index (Phi) is 7.25. The molecule has 0 fully saturated rings. The molecule has 0 saturated heterocycles. The van der Waals surface area contributed by atoms with Gasteiger partial charge in [0.05, 0.1) is 12.0 Å². The Labute approximate surface area is 241 Å². The minimum Gasteiger partial charge on any atom is -0.338 e. The average Bonchev–Trinajstić information content (AvgIpc) is 3.00. The van der Waals surface area contributed by atoms with Crippen molar-refractivity contribution in [2.75, 3.05) is 11.9 Å². The third-order valence-electron chi connectivity index (χ3n) is 7.69. The van der Waals surface area contributed by atoms with E-state index in [1.807, 2.05) is 53.4 Å². The standard InChI is InChI=1S/C35H27F3N2O2/c36-35(37,38)29-14-11-25(12-15-29)31-7-3-4-8-32(31)34(42)39-30-16-13-28-22-40(18-17-27(28)21-30)33(41)20-23-9-10-24-5-1-2-6-26(24)19-23/h1-16,19,21H,17-18,20,22H2,(H,39,42). The lowest BCUT2D eigenvalue weighted by Crippen LogP contribution is -2.37. The van der Waals surface area contributed by atoms with E-state index in [1.54, 1.807) is 24.3 Å². The highest BCUT2D eigenvalue weighted by atomic mass is 19.4. The molecule has 210 valence electrons. The van der Waals surface area contributed by atoms with Gasteiger partial charge in [-0.15, -0.1) is 0 Å². The summed E-state index contributed by atoms with van der Waals surface area (Å²) in [5.41, 5.74) is 4.40. The molecule has 0 spiro atoms. The number of carbonyl (C=O) groups is 2. The maximum Gasteiger partial charge on any atom is 0.416 e. The summed E-state index contributed by atoms with van der Waals surface area (Å²) < 4.78 is 39.0. The number of amides is 2. The molecular weight excluding hydrogens is 537 g/mol. The van der Waals surface area contributed by atoms with Crippen LogP contribution < -0.4 is 5.32 Å². The number of hydrogen-bond acceptors (Lipinski definition) is 2. The molecule has 0 aromatic heterocycles. The molecule has 0 unspecified atom stereocenters. The van der Waals surface area contributed by atoms with Gasteiger partial charge in [0.25, 0.3) is 5.91 Å². The zero-order chi connectivity index (χ0) is 29.3. The fourth-order valence-corrected chi connectivity index (χ4v) is 5.45. The Balaban J connectivity index is 1.13. The first-order chi connectivity index (χ1) is 20.2. The number of hydrogen-bond donors (Lipinski definition) is 1. The Hall–Kier alpha value is -4.91. The summed E-state index contributed by atoms with van der Waals surface area (Å²) in [5, 5.41) is 5.20. The number of alkyl halides is 3. The number of rotatable bonds is 5. The summed E-state index contributed by atoms with van der Waals surface area (Å²) in [6.45, 7) is 1.10. The molecule has 5 aromatic carbocycles. The molecule has 0 radical (unpaired) electrons. The van der Waals surface area contributed by atoms with Crippen LogP contribution in [0, 0.1) is 0 Å². The molecule has 0 saturated carbocycles. The topological polar surface area (TPSA) is 49.4 Å². The lowest BCUT2D eigenvalue weighted by atomic mass is 9.97. The van der Waals surface area contributed by atoms with Gasteiger partial charge in [-0.25, -0.2) is 0 Å². The molecule has 0 bridgehead atoms. The maximum absolute atomic E-state index is 13.3. The van der Waals surface area contributed by atoms with Gasteiger partial charge in [-0.2, -0.15) is 13.2 Å². The number of anilines is 1. The first kappa shape index (κ1) is 27.3. The predicted molar refractivity (Wildman–Crippen MR) is 158 cm³/mol. The van der Waals surface area contributed by atoms with E-state index in [9.17, 15) is 22.8 Å². The molecule has 1 heterocycles. The minimum absolute atomic E-state index is 0.0770. The van der Waals surface area contributed by atoms with Crippen LogP contribution in [0.5, 0.6) is 0 Å². The van der Waals surface area contributed by atoms with Gasteiger partial charge in [0.1, 0.15) is 0 Å². The Morgan fingerprint density at radius 1 is 0.762 bits per heavy atom. The second-order valence-electron chi connectivity index (χ2n) is 10.5. The van der Waals surface area contributed by atoms with Gasteiger partial charge in [-0.1, -0.05) is 78.9 Å². The van der Waals surface area contributed by atoms with Gasteiger partial charge < -0.3 is 10.2 Å². The van der Waals surface area contributed by atoms with E-state index in [4.69, 9.17) is 0 Å². The van der Waals surface area contributed by atoms with Gasteiger partial charge in [-0.05, 0) is 75.3 Å². The summed E-state index contributed by atoms with van der Waals surface area (Å²) in [6.07, 6.45) is -3.42. The van der Waals surface area contributed by atoms with Crippen molar-refractivity contribution < 1.29 is 22.8 Å². The lowest BCUT2D eigenvalue weighted by molar-refractivity contribution is -0.137.